The monoisotopic (exact) mass is 178 g/mol. The van der Waals surface area contributed by atoms with Crippen LogP contribution in [0.3, 0.4) is 0 Å². The van der Waals surface area contributed by atoms with Crippen LogP contribution in [0.15, 0.2) is 48.5 Å². The average Bonchev–Trinajstić information content (AvgIpc) is 2.30. The van der Waals surface area contributed by atoms with Gasteiger partial charge in [0.05, 0.1) is 11.6 Å². The number of nitrogens with zero attached hydrogens (tertiary/aromatic N) is 1. The van der Waals surface area contributed by atoms with Gasteiger partial charge in [-0.25, -0.2) is 0 Å². The Hall–Kier alpha value is -2.07. The van der Waals surface area contributed by atoms with Gasteiger partial charge < -0.3 is 0 Å². The fourth-order valence-electron chi connectivity index (χ4n) is 1.38. The largest absolute Gasteiger partial charge is 0.192 e. The SMILES string of the molecule is N#Cc1ccccc1-c1[c]cccc1. The Morgan fingerprint density at radius 2 is 1.79 bits per heavy atom. The summed E-state index contributed by atoms with van der Waals surface area (Å²) < 4.78 is 0. The van der Waals surface area contributed by atoms with Crippen molar-refractivity contribution in [1.82, 2.24) is 0 Å². The molecule has 1 nitrogen and oxygen atoms in total. The van der Waals surface area contributed by atoms with E-state index in [0.717, 1.165) is 11.1 Å². The molecule has 0 aromatic heterocycles. The van der Waals surface area contributed by atoms with E-state index in [2.05, 4.69) is 12.1 Å². The molecule has 2 aromatic carbocycles. The molecule has 65 valence electrons. The minimum Gasteiger partial charge on any atom is -0.192 e. The fraction of sp³-hybridized carbons (Fsp3) is 0. The third kappa shape index (κ3) is 1.51. The standard InChI is InChI=1S/C13H8N/c14-10-12-8-4-5-9-13(12)11-6-2-1-3-7-11/h1-6,8-9H. The lowest BCUT2D eigenvalue weighted by molar-refractivity contribution is 1.48. The molecule has 0 aliphatic rings. The van der Waals surface area contributed by atoms with Gasteiger partial charge in [0, 0.05) is 5.56 Å². The molecule has 1 heteroatoms. The van der Waals surface area contributed by atoms with E-state index in [9.17, 15) is 0 Å². The van der Waals surface area contributed by atoms with Crippen molar-refractivity contribution in [3.8, 4) is 17.2 Å². The Morgan fingerprint density at radius 1 is 1.00 bits per heavy atom. The van der Waals surface area contributed by atoms with E-state index in [1.165, 1.54) is 0 Å². The van der Waals surface area contributed by atoms with Gasteiger partial charge in [-0.2, -0.15) is 5.26 Å². The van der Waals surface area contributed by atoms with Crippen molar-refractivity contribution < 1.29 is 0 Å². The summed E-state index contributed by atoms with van der Waals surface area (Å²) in [5.41, 5.74) is 2.59. The average molecular weight is 178 g/mol. The van der Waals surface area contributed by atoms with Crippen molar-refractivity contribution in [2.75, 3.05) is 0 Å². The maximum Gasteiger partial charge on any atom is 0.0998 e. The second-order valence-electron chi connectivity index (χ2n) is 2.93. The molecular weight excluding hydrogens is 170 g/mol. The van der Waals surface area contributed by atoms with Gasteiger partial charge in [-0.05, 0) is 17.7 Å². The summed E-state index contributed by atoms with van der Waals surface area (Å²) in [5.74, 6) is 0. The lowest BCUT2D eigenvalue weighted by atomic mass is 10.0. The first-order chi connectivity index (χ1) is 6.92. The molecule has 2 aromatic rings. The Labute approximate surface area is 83.2 Å². The summed E-state index contributed by atoms with van der Waals surface area (Å²) in [6.45, 7) is 0. The Kier molecular flexibility index (Phi) is 2.29. The number of benzene rings is 2. The van der Waals surface area contributed by atoms with E-state index in [-0.39, 0.29) is 0 Å². The zero-order valence-corrected chi connectivity index (χ0v) is 7.57. The van der Waals surface area contributed by atoms with Crippen molar-refractivity contribution in [3.63, 3.8) is 0 Å². The minimum atomic E-state index is 0.690. The quantitative estimate of drug-likeness (QED) is 0.658. The van der Waals surface area contributed by atoms with Gasteiger partial charge in [-0.1, -0.05) is 42.5 Å². The van der Waals surface area contributed by atoms with Crippen LogP contribution in [0.25, 0.3) is 11.1 Å². The van der Waals surface area contributed by atoms with E-state index < -0.39 is 0 Å². The first-order valence-electron chi connectivity index (χ1n) is 4.38. The van der Waals surface area contributed by atoms with Crippen LogP contribution in [0.5, 0.6) is 0 Å². The molecule has 0 amide bonds. The van der Waals surface area contributed by atoms with Gasteiger partial charge in [-0.15, -0.1) is 0 Å². The topological polar surface area (TPSA) is 23.8 Å². The third-order valence-electron chi connectivity index (χ3n) is 2.05. The van der Waals surface area contributed by atoms with Crippen molar-refractivity contribution in [2.24, 2.45) is 0 Å². The van der Waals surface area contributed by atoms with Gasteiger partial charge in [0.25, 0.3) is 0 Å². The molecule has 14 heavy (non-hydrogen) atoms. The van der Waals surface area contributed by atoms with Crippen LogP contribution in [0.1, 0.15) is 5.56 Å². The highest BCUT2D eigenvalue weighted by molar-refractivity contribution is 5.69. The van der Waals surface area contributed by atoms with Crippen molar-refractivity contribution >= 4 is 0 Å². The zero-order chi connectivity index (χ0) is 9.80. The highest BCUT2D eigenvalue weighted by atomic mass is 14.2. The summed E-state index contributed by atoms with van der Waals surface area (Å²) in [6, 6.07) is 20.5. The summed E-state index contributed by atoms with van der Waals surface area (Å²) >= 11 is 0. The first kappa shape index (κ1) is 8.52. The van der Waals surface area contributed by atoms with Crippen molar-refractivity contribution in [3.05, 3.63) is 60.2 Å². The van der Waals surface area contributed by atoms with Crippen molar-refractivity contribution in [1.29, 1.82) is 5.26 Å². The predicted octanol–water partition coefficient (Wildman–Crippen LogP) is 3.03. The highest BCUT2D eigenvalue weighted by Crippen LogP contribution is 2.21. The van der Waals surface area contributed by atoms with Gasteiger partial charge in [-0.3, -0.25) is 0 Å². The number of hydrogen-bond acceptors (Lipinski definition) is 1. The summed E-state index contributed by atoms with van der Waals surface area (Å²) in [7, 11) is 0. The van der Waals surface area contributed by atoms with Gasteiger partial charge in [0.15, 0.2) is 0 Å². The lowest BCUT2D eigenvalue weighted by Crippen LogP contribution is -1.82. The molecule has 0 heterocycles. The Balaban J connectivity index is 2.58. The van der Waals surface area contributed by atoms with Crippen LogP contribution in [0.2, 0.25) is 0 Å². The molecule has 2 rings (SSSR count). The van der Waals surface area contributed by atoms with Crippen LogP contribution < -0.4 is 0 Å². The number of nitriles is 1. The van der Waals surface area contributed by atoms with Crippen LogP contribution in [0.4, 0.5) is 0 Å². The zero-order valence-electron chi connectivity index (χ0n) is 7.57. The minimum absolute atomic E-state index is 0.690. The van der Waals surface area contributed by atoms with E-state index in [0.29, 0.717) is 5.56 Å². The molecule has 1 radical (unpaired) electrons. The fourth-order valence-corrected chi connectivity index (χ4v) is 1.38. The maximum absolute atomic E-state index is 8.92. The van der Waals surface area contributed by atoms with Crippen LogP contribution in [-0.2, 0) is 0 Å². The molecule has 0 aliphatic carbocycles. The predicted molar refractivity (Wildman–Crippen MR) is 55.4 cm³/mol. The molecule has 0 saturated heterocycles. The molecule has 0 bridgehead atoms. The molecule has 0 fully saturated rings. The number of hydrogen-bond donors (Lipinski definition) is 0. The summed E-state index contributed by atoms with van der Waals surface area (Å²) in [4.78, 5) is 0. The number of rotatable bonds is 1. The summed E-state index contributed by atoms with van der Waals surface area (Å²) in [6.07, 6.45) is 0. The normalized spacial score (nSPS) is 9.36. The highest BCUT2D eigenvalue weighted by Gasteiger charge is 2.01. The van der Waals surface area contributed by atoms with E-state index in [4.69, 9.17) is 5.26 Å². The van der Waals surface area contributed by atoms with E-state index in [1.54, 1.807) is 0 Å². The molecule has 0 saturated carbocycles. The second kappa shape index (κ2) is 3.76. The third-order valence-corrected chi connectivity index (χ3v) is 2.05. The molecular formula is C13H8N. The molecule has 0 atom stereocenters. The second-order valence-corrected chi connectivity index (χ2v) is 2.93. The van der Waals surface area contributed by atoms with Gasteiger partial charge in [0.2, 0.25) is 0 Å². The summed E-state index contributed by atoms with van der Waals surface area (Å²) in [5, 5.41) is 8.92. The molecule has 0 N–H and O–H groups in total. The molecule has 0 spiro atoms. The maximum atomic E-state index is 8.92. The van der Waals surface area contributed by atoms with Crippen LogP contribution >= 0.6 is 0 Å². The Bertz CT molecular complexity index is 466. The van der Waals surface area contributed by atoms with Gasteiger partial charge in [0.1, 0.15) is 0 Å². The van der Waals surface area contributed by atoms with Crippen LogP contribution in [-0.4, -0.2) is 0 Å². The van der Waals surface area contributed by atoms with E-state index >= 15 is 0 Å². The lowest BCUT2D eigenvalue weighted by Gasteiger charge is -2.01. The van der Waals surface area contributed by atoms with Crippen LogP contribution in [0, 0.1) is 17.4 Å². The molecule has 0 aliphatic heterocycles. The van der Waals surface area contributed by atoms with E-state index in [1.807, 2.05) is 48.5 Å². The van der Waals surface area contributed by atoms with Gasteiger partial charge >= 0.3 is 0 Å². The smallest absolute Gasteiger partial charge is 0.0998 e. The Morgan fingerprint density at radius 3 is 2.50 bits per heavy atom. The first-order valence-corrected chi connectivity index (χ1v) is 4.38. The molecule has 0 unspecified atom stereocenters. The van der Waals surface area contributed by atoms with Crippen molar-refractivity contribution in [2.45, 2.75) is 0 Å².